The van der Waals surface area contributed by atoms with E-state index in [0.29, 0.717) is 0 Å². The fourth-order valence-corrected chi connectivity index (χ4v) is 1.32. The van der Waals surface area contributed by atoms with Gasteiger partial charge in [-0.05, 0) is 0 Å². The van der Waals surface area contributed by atoms with Crippen LogP contribution in [-0.4, -0.2) is 32.3 Å². The van der Waals surface area contributed by atoms with E-state index in [0.717, 1.165) is 0 Å². The normalized spacial score (nSPS) is 14.1. The highest BCUT2D eigenvalue weighted by Crippen LogP contribution is 1.95. The third kappa shape index (κ3) is 9.67. The molecule has 0 aliphatic rings. The first-order valence-corrected chi connectivity index (χ1v) is 6.10. The molecule has 0 saturated heterocycles. The molecule has 3 N–H and O–H groups in total. The fourth-order valence-electron chi connectivity index (χ4n) is 0.441. The molecule has 2 atom stereocenters. The summed E-state index contributed by atoms with van der Waals surface area (Å²) in [5.41, 5.74) is 5.16. The zero-order valence-corrected chi connectivity index (χ0v) is 10.1. The van der Waals surface area contributed by atoms with Gasteiger partial charge in [0, 0.05) is 21.8 Å². The summed E-state index contributed by atoms with van der Waals surface area (Å²) in [6, 6.07) is -1.00. The van der Waals surface area contributed by atoms with Gasteiger partial charge in [0.2, 0.25) is 0 Å². The third-order valence-corrected chi connectivity index (χ3v) is 2.93. The number of carboxylic acids is 1. The molecule has 0 aliphatic carbocycles. The Labute approximate surface area is 88.3 Å². The summed E-state index contributed by atoms with van der Waals surface area (Å²) in [5.74, 6) is -1.06. The van der Waals surface area contributed by atoms with Crippen molar-refractivity contribution in [1.29, 1.82) is 0 Å². The van der Waals surface area contributed by atoms with Gasteiger partial charge < -0.3 is 10.8 Å². The van der Waals surface area contributed by atoms with Gasteiger partial charge in [0.15, 0.2) is 0 Å². The van der Waals surface area contributed by atoms with E-state index in [1.54, 1.807) is 13.8 Å². The second-order valence-electron chi connectivity index (χ2n) is 3.25. The molecule has 14 heavy (non-hydrogen) atoms. The number of carboxylic acid groups (broad SMARTS) is 1. The van der Waals surface area contributed by atoms with Crippen LogP contribution in [0.4, 0.5) is 0 Å². The highest BCUT2D eigenvalue weighted by Gasteiger charge is 2.16. The summed E-state index contributed by atoms with van der Waals surface area (Å²) in [4.78, 5) is 10.2. The molecule has 5 heteroatoms. The smallest absolute Gasteiger partial charge is 0.321 e. The summed E-state index contributed by atoms with van der Waals surface area (Å²) in [7, 11) is -1.13. The monoisotopic (exact) mass is 223 g/mol. The van der Waals surface area contributed by atoms with Crippen LogP contribution in [0.1, 0.15) is 34.1 Å². The minimum atomic E-state index is -1.13. The molecule has 0 saturated carbocycles. The second-order valence-corrected chi connectivity index (χ2v) is 5.29. The Bertz CT molecular complexity index is 183. The second kappa shape index (κ2) is 9.15. The van der Waals surface area contributed by atoms with E-state index in [2.05, 4.69) is 13.8 Å². The topological polar surface area (TPSA) is 80.4 Å². The van der Waals surface area contributed by atoms with Gasteiger partial charge in [0.1, 0.15) is 6.04 Å². The number of rotatable bonds is 4. The van der Waals surface area contributed by atoms with Crippen LogP contribution in [-0.2, 0) is 15.6 Å². The molecule has 0 amide bonds. The van der Waals surface area contributed by atoms with Crippen molar-refractivity contribution in [2.24, 2.45) is 5.73 Å². The SMILES string of the molecule is CC(C)S(=O)CC(N)C(=O)O.CCC. The van der Waals surface area contributed by atoms with Crippen molar-refractivity contribution in [3.63, 3.8) is 0 Å². The zero-order valence-electron chi connectivity index (χ0n) is 9.32. The molecule has 2 unspecified atom stereocenters. The highest BCUT2D eigenvalue weighted by atomic mass is 32.2. The first-order valence-electron chi connectivity index (χ1n) is 4.72. The van der Waals surface area contributed by atoms with Crippen LogP contribution in [0.25, 0.3) is 0 Å². The van der Waals surface area contributed by atoms with Gasteiger partial charge >= 0.3 is 5.97 Å². The third-order valence-electron chi connectivity index (χ3n) is 1.19. The first kappa shape index (κ1) is 16.0. The average Bonchev–Trinajstić information content (AvgIpc) is 2.05. The summed E-state index contributed by atoms with van der Waals surface area (Å²) in [6.07, 6.45) is 1.25. The van der Waals surface area contributed by atoms with E-state index in [4.69, 9.17) is 10.8 Å². The zero-order chi connectivity index (χ0) is 11.7. The molecule has 0 spiro atoms. The number of nitrogens with two attached hydrogens (primary N) is 1. The predicted molar refractivity (Wildman–Crippen MR) is 59.7 cm³/mol. The van der Waals surface area contributed by atoms with Gasteiger partial charge in [-0.25, -0.2) is 0 Å². The highest BCUT2D eigenvalue weighted by molar-refractivity contribution is 7.85. The number of hydrogen-bond donors (Lipinski definition) is 2. The molecule has 86 valence electrons. The van der Waals surface area contributed by atoms with E-state index >= 15 is 0 Å². The van der Waals surface area contributed by atoms with Crippen LogP contribution in [0.5, 0.6) is 0 Å². The van der Waals surface area contributed by atoms with Gasteiger partial charge in [-0.3, -0.25) is 9.00 Å². The van der Waals surface area contributed by atoms with Gasteiger partial charge in [-0.2, -0.15) is 0 Å². The lowest BCUT2D eigenvalue weighted by Crippen LogP contribution is -2.36. The Morgan fingerprint density at radius 3 is 2.00 bits per heavy atom. The summed E-state index contributed by atoms with van der Waals surface area (Å²) < 4.78 is 11.0. The Balaban J connectivity index is 0. The molecule has 0 aliphatic heterocycles. The van der Waals surface area contributed by atoms with Crippen molar-refractivity contribution in [3.8, 4) is 0 Å². The fraction of sp³-hybridized carbons (Fsp3) is 0.889. The van der Waals surface area contributed by atoms with E-state index in [-0.39, 0.29) is 11.0 Å². The van der Waals surface area contributed by atoms with Gasteiger partial charge in [0.05, 0.1) is 0 Å². The van der Waals surface area contributed by atoms with E-state index < -0.39 is 22.8 Å². The molecular weight excluding hydrogens is 202 g/mol. The van der Waals surface area contributed by atoms with Crippen molar-refractivity contribution in [2.45, 2.75) is 45.4 Å². The molecule has 0 aromatic rings. The van der Waals surface area contributed by atoms with Gasteiger partial charge in [-0.15, -0.1) is 0 Å². The average molecular weight is 223 g/mol. The maximum absolute atomic E-state index is 11.0. The molecular formula is C9H21NO3S. The van der Waals surface area contributed by atoms with E-state index in [1.165, 1.54) is 6.42 Å². The minimum absolute atomic E-state index is 0.0274. The quantitative estimate of drug-likeness (QED) is 0.744. The van der Waals surface area contributed by atoms with Crippen molar-refractivity contribution in [3.05, 3.63) is 0 Å². The minimum Gasteiger partial charge on any atom is -0.480 e. The van der Waals surface area contributed by atoms with Crippen molar-refractivity contribution in [1.82, 2.24) is 0 Å². The maximum atomic E-state index is 11.0. The Kier molecular flexibility index (Phi) is 10.5. The lowest BCUT2D eigenvalue weighted by atomic mass is 10.4. The molecule has 4 nitrogen and oxygen atoms in total. The molecule has 0 fully saturated rings. The summed E-state index contributed by atoms with van der Waals surface area (Å²) in [6.45, 7) is 7.79. The first-order chi connectivity index (χ1) is 6.36. The number of carbonyl (C=O) groups is 1. The Morgan fingerprint density at radius 2 is 1.79 bits per heavy atom. The summed E-state index contributed by atoms with van der Waals surface area (Å²) in [5, 5.41) is 8.33. The molecule has 0 aromatic carbocycles. The van der Waals surface area contributed by atoms with Crippen molar-refractivity contribution in [2.75, 3.05) is 5.75 Å². The molecule has 0 aromatic heterocycles. The van der Waals surface area contributed by atoms with Crippen LogP contribution in [0.3, 0.4) is 0 Å². The van der Waals surface area contributed by atoms with Crippen LogP contribution >= 0.6 is 0 Å². The number of aliphatic carboxylic acids is 1. The number of hydrogen-bond acceptors (Lipinski definition) is 3. The predicted octanol–water partition coefficient (Wildman–Crippen LogP) is 0.972. The van der Waals surface area contributed by atoms with Crippen LogP contribution in [0.2, 0.25) is 0 Å². The van der Waals surface area contributed by atoms with Crippen LogP contribution in [0.15, 0.2) is 0 Å². The van der Waals surface area contributed by atoms with Crippen LogP contribution in [0, 0.1) is 0 Å². The molecule has 0 radical (unpaired) electrons. The Hall–Kier alpha value is -0.420. The Morgan fingerprint density at radius 1 is 1.43 bits per heavy atom. The van der Waals surface area contributed by atoms with Gasteiger partial charge in [0.25, 0.3) is 0 Å². The molecule has 0 heterocycles. The lowest BCUT2D eigenvalue weighted by molar-refractivity contribution is -0.137. The van der Waals surface area contributed by atoms with Gasteiger partial charge in [-0.1, -0.05) is 34.1 Å². The standard InChI is InChI=1S/C6H13NO3S.C3H8/c1-4(2)11(10)3-5(7)6(8)9;1-3-2/h4-5H,3,7H2,1-2H3,(H,8,9);3H2,1-2H3. The van der Waals surface area contributed by atoms with Crippen LogP contribution < -0.4 is 5.73 Å². The lowest BCUT2D eigenvalue weighted by Gasteiger charge is -2.07. The molecule has 0 rings (SSSR count). The largest absolute Gasteiger partial charge is 0.480 e. The summed E-state index contributed by atoms with van der Waals surface area (Å²) >= 11 is 0. The van der Waals surface area contributed by atoms with Crippen molar-refractivity contribution < 1.29 is 14.1 Å². The van der Waals surface area contributed by atoms with E-state index in [9.17, 15) is 9.00 Å². The maximum Gasteiger partial charge on any atom is 0.321 e. The van der Waals surface area contributed by atoms with Crippen molar-refractivity contribution >= 4 is 16.8 Å². The molecule has 0 bridgehead atoms. The van der Waals surface area contributed by atoms with E-state index in [1.807, 2.05) is 0 Å².